The van der Waals surface area contributed by atoms with Gasteiger partial charge in [-0.2, -0.15) is 4.99 Å². The summed E-state index contributed by atoms with van der Waals surface area (Å²) in [7, 11) is -1.63. The van der Waals surface area contributed by atoms with Gasteiger partial charge in [-0.3, -0.25) is 4.79 Å². The van der Waals surface area contributed by atoms with Crippen LogP contribution < -0.4 is 16.2 Å². The summed E-state index contributed by atoms with van der Waals surface area (Å²) in [5.41, 5.74) is 13.0. The van der Waals surface area contributed by atoms with Crippen LogP contribution >= 0.6 is 11.6 Å². The minimum Gasteiger partial charge on any atom is -0.465 e. The lowest BCUT2D eigenvalue weighted by molar-refractivity contribution is -0.142. The number of carbonyl (C=O) groups excluding carboxylic acids is 1. The molecule has 2 aromatic carbocycles. The fourth-order valence-corrected chi connectivity index (χ4v) is 3.92. The Balaban J connectivity index is 0.000000519. The first-order valence-corrected chi connectivity index (χ1v) is 13.4. The van der Waals surface area contributed by atoms with Crippen LogP contribution in [0.1, 0.15) is 44.7 Å². The molecule has 37 heavy (non-hydrogen) atoms. The van der Waals surface area contributed by atoms with Crippen molar-refractivity contribution in [1.82, 2.24) is 9.71 Å². The van der Waals surface area contributed by atoms with Crippen LogP contribution in [0.25, 0.3) is 10.8 Å². The zero-order valence-corrected chi connectivity index (χ0v) is 23.2. The topological polar surface area (TPSA) is 153 Å². The van der Waals surface area contributed by atoms with E-state index >= 15 is 0 Å². The molecule has 0 aliphatic rings. The summed E-state index contributed by atoms with van der Waals surface area (Å²) in [5, 5.41) is 10.3. The molecule has 0 amide bonds. The van der Waals surface area contributed by atoms with Crippen LogP contribution in [0.3, 0.4) is 0 Å². The number of rotatable bonds is 9. The number of nitrogens with one attached hydrogen (secondary N) is 1. The van der Waals surface area contributed by atoms with Crippen LogP contribution in [-0.2, 0) is 27.1 Å². The van der Waals surface area contributed by atoms with Gasteiger partial charge in [0, 0.05) is 17.0 Å². The summed E-state index contributed by atoms with van der Waals surface area (Å²) < 4.78 is 20.0. The number of esters is 1. The summed E-state index contributed by atoms with van der Waals surface area (Å²) in [6.45, 7) is 8.32. The highest BCUT2D eigenvalue weighted by Crippen LogP contribution is 2.30. The molecule has 0 spiro atoms. The van der Waals surface area contributed by atoms with Gasteiger partial charge in [-0.25, -0.2) is 13.9 Å². The van der Waals surface area contributed by atoms with E-state index in [9.17, 15) is 9.00 Å². The lowest BCUT2D eigenvalue weighted by atomic mass is 10.1. The molecular formula is C26H36ClN5O4S. The zero-order valence-electron chi connectivity index (χ0n) is 21.7. The van der Waals surface area contributed by atoms with Crippen molar-refractivity contribution in [2.75, 3.05) is 13.2 Å². The number of guanidine groups is 1. The van der Waals surface area contributed by atoms with Crippen molar-refractivity contribution >= 4 is 51.1 Å². The predicted octanol–water partition coefficient (Wildman–Crippen LogP) is 4.26. The third kappa shape index (κ3) is 10.8. The number of pyridine rings is 1. The van der Waals surface area contributed by atoms with Gasteiger partial charge in [0.05, 0.1) is 23.1 Å². The first-order valence-electron chi connectivity index (χ1n) is 11.9. The minimum atomic E-state index is -1.63. The van der Waals surface area contributed by atoms with Gasteiger partial charge in [-0.1, -0.05) is 69.1 Å². The number of fused-ring (bicyclic) bond motifs is 1. The number of aliphatic hydroxyl groups excluding tert-OH is 1. The van der Waals surface area contributed by atoms with E-state index in [1.807, 2.05) is 52.0 Å². The molecule has 0 saturated heterocycles. The highest BCUT2D eigenvalue weighted by molar-refractivity contribution is 7.83. The molecule has 0 saturated carbocycles. The van der Waals surface area contributed by atoms with Crippen molar-refractivity contribution in [3.05, 3.63) is 64.8 Å². The van der Waals surface area contributed by atoms with E-state index in [0.29, 0.717) is 27.3 Å². The van der Waals surface area contributed by atoms with Crippen molar-refractivity contribution in [2.24, 2.45) is 16.5 Å². The maximum atomic E-state index is 12.4. The monoisotopic (exact) mass is 549 g/mol. The molecule has 0 radical (unpaired) electrons. The van der Waals surface area contributed by atoms with E-state index in [4.69, 9.17) is 32.9 Å². The van der Waals surface area contributed by atoms with Crippen molar-refractivity contribution in [3.63, 3.8) is 0 Å². The maximum absolute atomic E-state index is 12.4. The van der Waals surface area contributed by atoms with E-state index in [-0.39, 0.29) is 24.9 Å². The van der Waals surface area contributed by atoms with Crippen LogP contribution in [0, 0.1) is 6.92 Å². The van der Waals surface area contributed by atoms with Crippen LogP contribution in [0.2, 0.25) is 5.02 Å². The van der Waals surface area contributed by atoms with Gasteiger partial charge in [0.2, 0.25) is 0 Å². The van der Waals surface area contributed by atoms with E-state index < -0.39 is 17.0 Å². The number of aliphatic imine (C=N–C) groups is 1. The van der Waals surface area contributed by atoms with E-state index in [2.05, 4.69) is 14.7 Å². The third-order valence-electron chi connectivity index (χ3n) is 4.78. The summed E-state index contributed by atoms with van der Waals surface area (Å²) in [6.07, 6.45) is 3.16. The van der Waals surface area contributed by atoms with Crippen molar-refractivity contribution in [3.8, 4) is 0 Å². The molecule has 0 aliphatic heterocycles. The largest absolute Gasteiger partial charge is 0.465 e. The number of ether oxygens (including phenoxy) is 1. The van der Waals surface area contributed by atoms with Gasteiger partial charge in [-0.05, 0) is 36.6 Å². The second kappa shape index (κ2) is 17.4. The van der Waals surface area contributed by atoms with Gasteiger partial charge in [-0.15, -0.1) is 0 Å². The number of hydrogen-bond donors (Lipinski definition) is 4. The lowest BCUT2D eigenvalue weighted by Crippen LogP contribution is -2.26. The number of hydrogen-bond acceptors (Lipinski definition) is 6. The van der Waals surface area contributed by atoms with Gasteiger partial charge in [0.15, 0.2) is 11.8 Å². The van der Waals surface area contributed by atoms with Crippen molar-refractivity contribution in [2.45, 2.75) is 52.0 Å². The summed E-state index contributed by atoms with van der Waals surface area (Å²) in [4.78, 5) is 20.1. The molecule has 1 atom stereocenters. The van der Waals surface area contributed by atoms with Crippen LogP contribution in [0.15, 0.2) is 58.5 Å². The van der Waals surface area contributed by atoms with E-state index in [1.165, 1.54) is 6.20 Å². The molecule has 0 bridgehead atoms. The molecule has 1 aromatic heterocycles. The van der Waals surface area contributed by atoms with Gasteiger partial charge >= 0.3 is 5.97 Å². The molecule has 6 N–H and O–H groups in total. The standard InChI is InChI=1S/C16H20ClN5O3S.C8H10O.C2H6/c1-2-3-6-25-14(23)9-21-26(24)10-4-5-11-12(7-10)15(22-16(18)19)20-8-13(11)17;1-7-4-2-3-5-8(7)6-9;1-2/h4-5,7-8,21H,2-3,6,9H2,1H3,(H4,18,19,20,22);2-5,9H,6H2,1H3;1-2H3. The Hall–Kier alpha value is -3.05. The van der Waals surface area contributed by atoms with Crippen LogP contribution in [0.4, 0.5) is 5.82 Å². The Morgan fingerprint density at radius 2 is 1.89 bits per heavy atom. The Bertz CT molecular complexity index is 1200. The normalized spacial score (nSPS) is 10.9. The first kappa shape index (κ1) is 32.0. The van der Waals surface area contributed by atoms with Crippen LogP contribution in [-0.4, -0.2) is 39.4 Å². The molecule has 0 fully saturated rings. The van der Waals surface area contributed by atoms with Gasteiger partial charge in [0.25, 0.3) is 0 Å². The zero-order chi connectivity index (χ0) is 27.8. The SMILES string of the molecule is CC.CCCCOC(=O)CNS(=O)c1ccc2c(Cl)cnc(N=C(N)N)c2c1.Cc1ccccc1CO. The Morgan fingerprint density at radius 1 is 1.19 bits per heavy atom. The minimum absolute atomic E-state index is 0.146. The summed E-state index contributed by atoms with van der Waals surface area (Å²) in [6, 6.07) is 12.8. The number of halogens is 1. The number of carbonyl (C=O) groups is 1. The van der Waals surface area contributed by atoms with Crippen molar-refractivity contribution in [1.29, 1.82) is 0 Å². The first-order chi connectivity index (χ1) is 17.8. The Kier molecular flexibility index (Phi) is 15.1. The number of nitrogens with two attached hydrogens (primary N) is 2. The van der Waals surface area contributed by atoms with Crippen LogP contribution in [0.5, 0.6) is 0 Å². The predicted molar refractivity (Wildman–Crippen MR) is 151 cm³/mol. The number of aromatic nitrogens is 1. The molecule has 3 rings (SSSR count). The molecule has 0 aliphatic carbocycles. The molecule has 202 valence electrons. The quantitative estimate of drug-likeness (QED) is 0.134. The van der Waals surface area contributed by atoms with E-state index in [0.717, 1.165) is 24.0 Å². The highest BCUT2D eigenvalue weighted by Gasteiger charge is 2.12. The highest BCUT2D eigenvalue weighted by atomic mass is 35.5. The van der Waals surface area contributed by atoms with Gasteiger partial charge in [0.1, 0.15) is 17.5 Å². The number of aryl methyl sites for hydroxylation is 1. The average molecular weight is 550 g/mol. The number of unbranched alkanes of at least 4 members (excludes halogenated alkanes) is 1. The Labute approximate surface area is 225 Å². The van der Waals surface area contributed by atoms with Crippen molar-refractivity contribution < 1.29 is 18.8 Å². The number of benzene rings is 2. The fourth-order valence-electron chi connectivity index (χ4n) is 2.88. The summed E-state index contributed by atoms with van der Waals surface area (Å²) >= 11 is 6.13. The van der Waals surface area contributed by atoms with Gasteiger partial charge < -0.3 is 21.3 Å². The molecule has 1 unspecified atom stereocenters. The average Bonchev–Trinajstić information content (AvgIpc) is 2.90. The second-order valence-electron chi connectivity index (χ2n) is 7.42. The molecule has 1 heterocycles. The maximum Gasteiger partial charge on any atom is 0.320 e. The summed E-state index contributed by atoms with van der Waals surface area (Å²) in [5.74, 6) is -0.346. The molecule has 11 heteroatoms. The number of aliphatic hydroxyl groups is 1. The smallest absolute Gasteiger partial charge is 0.320 e. The molecule has 3 aromatic rings. The fraction of sp³-hybridized carbons (Fsp3) is 0.346. The molecule has 9 nitrogen and oxygen atoms in total. The van der Waals surface area contributed by atoms with E-state index in [1.54, 1.807) is 18.2 Å². The molecular weight excluding hydrogens is 514 g/mol. The third-order valence-corrected chi connectivity index (χ3v) is 6.17. The lowest BCUT2D eigenvalue weighted by Gasteiger charge is -2.08. The second-order valence-corrected chi connectivity index (χ2v) is 9.13. The number of nitrogens with zero attached hydrogens (tertiary/aromatic N) is 2. The Morgan fingerprint density at radius 3 is 2.49 bits per heavy atom.